The maximum atomic E-state index is 13.1. The van der Waals surface area contributed by atoms with Crippen LogP contribution in [0.5, 0.6) is 0 Å². The zero-order valence-electron chi connectivity index (χ0n) is 22.6. The molecule has 4 aromatic carbocycles. The molecule has 5 rings (SSSR count). The van der Waals surface area contributed by atoms with Crippen molar-refractivity contribution < 1.29 is 14.7 Å². The van der Waals surface area contributed by atoms with Crippen molar-refractivity contribution in [2.45, 2.75) is 33.4 Å². The van der Waals surface area contributed by atoms with Crippen LogP contribution in [-0.4, -0.2) is 21.6 Å². The van der Waals surface area contributed by atoms with Crippen LogP contribution in [0.15, 0.2) is 91.0 Å². The number of benzene rings is 4. The molecule has 0 fully saturated rings. The molecular formula is C34H29N3O3. The highest BCUT2D eigenvalue weighted by Crippen LogP contribution is 2.29. The number of aromatic carboxylic acids is 1. The second-order valence-corrected chi connectivity index (χ2v) is 9.97. The number of aryl methyl sites for hydroxylation is 1. The Morgan fingerprint density at radius 1 is 0.950 bits per heavy atom. The summed E-state index contributed by atoms with van der Waals surface area (Å²) in [5.41, 5.74) is 8.08. The molecule has 2 N–H and O–H groups in total. The van der Waals surface area contributed by atoms with Gasteiger partial charge in [-0.25, -0.2) is 4.79 Å². The fourth-order valence-electron chi connectivity index (χ4n) is 5.22. The van der Waals surface area contributed by atoms with Gasteiger partial charge in [-0.2, -0.15) is 5.26 Å². The lowest BCUT2D eigenvalue weighted by molar-refractivity contribution is 0.0697. The van der Waals surface area contributed by atoms with Crippen molar-refractivity contribution in [3.63, 3.8) is 0 Å². The third kappa shape index (κ3) is 4.97. The molecule has 0 aliphatic heterocycles. The molecule has 0 spiro atoms. The molecule has 6 heteroatoms. The second-order valence-electron chi connectivity index (χ2n) is 9.97. The molecule has 0 aliphatic carbocycles. The number of hydrogen-bond donors (Lipinski definition) is 2. The SMILES string of the molecule is Cc1c(C)n(Cc2ccc(-c3ccccc3C(=O)O)cc2)c2ccc(C(=O)N[C@@H](C)c3ccccc3C#N)cc12. The van der Waals surface area contributed by atoms with Crippen LogP contribution in [-0.2, 0) is 6.54 Å². The van der Waals surface area contributed by atoms with E-state index in [0.717, 1.165) is 38.9 Å². The van der Waals surface area contributed by atoms with E-state index in [1.807, 2.05) is 79.7 Å². The molecule has 0 saturated heterocycles. The number of hydrogen-bond acceptors (Lipinski definition) is 3. The van der Waals surface area contributed by atoms with Crippen molar-refractivity contribution >= 4 is 22.8 Å². The lowest BCUT2D eigenvalue weighted by atomic mass is 9.99. The molecule has 1 aromatic heterocycles. The Hall–Kier alpha value is -5.15. The lowest BCUT2D eigenvalue weighted by Gasteiger charge is -2.16. The average molecular weight is 528 g/mol. The Balaban J connectivity index is 1.39. The Morgan fingerprint density at radius 2 is 1.65 bits per heavy atom. The first-order chi connectivity index (χ1) is 19.3. The second kappa shape index (κ2) is 10.9. The van der Waals surface area contributed by atoms with Crippen molar-refractivity contribution in [3.8, 4) is 17.2 Å². The maximum Gasteiger partial charge on any atom is 0.336 e. The van der Waals surface area contributed by atoms with Crippen LogP contribution in [0.1, 0.15) is 61.6 Å². The van der Waals surface area contributed by atoms with E-state index in [1.165, 1.54) is 0 Å². The predicted molar refractivity (Wildman–Crippen MR) is 156 cm³/mol. The summed E-state index contributed by atoms with van der Waals surface area (Å²) in [7, 11) is 0. The number of nitrogens with zero attached hydrogens (tertiary/aromatic N) is 2. The average Bonchev–Trinajstić information content (AvgIpc) is 3.21. The number of amides is 1. The van der Waals surface area contributed by atoms with Gasteiger partial charge in [0.25, 0.3) is 5.91 Å². The lowest BCUT2D eigenvalue weighted by Crippen LogP contribution is -2.27. The first-order valence-electron chi connectivity index (χ1n) is 13.1. The number of carboxylic acids is 1. The van der Waals surface area contributed by atoms with Crippen molar-refractivity contribution in [3.05, 3.63) is 130 Å². The van der Waals surface area contributed by atoms with Crippen molar-refractivity contribution in [2.75, 3.05) is 0 Å². The number of nitrogens with one attached hydrogen (secondary N) is 1. The molecule has 6 nitrogen and oxygen atoms in total. The number of fused-ring (bicyclic) bond motifs is 1. The highest BCUT2D eigenvalue weighted by Gasteiger charge is 2.18. The summed E-state index contributed by atoms with van der Waals surface area (Å²) >= 11 is 0. The summed E-state index contributed by atoms with van der Waals surface area (Å²) in [4.78, 5) is 24.8. The van der Waals surface area contributed by atoms with E-state index in [-0.39, 0.29) is 17.5 Å². The van der Waals surface area contributed by atoms with Gasteiger partial charge in [-0.3, -0.25) is 4.79 Å². The minimum absolute atomic E-state index is 0.191. The Kier molecular flexibility index (Phi) is 7.22. The Bertz CT molecular complexity index is 1790. The van der Waals surface area contributed by atoms with Gasteiger partial charge in [0.1, 0.15) is 0 Å². The summed E-state index contributed by atoms with van der Waals surface area (Å²) < 4.78 is 2.23. The molecule has 1 heterocycles. The van der Waals surface area contributed by atoms with Gasteiger partial charge in [0.15, 0.2) is 0 Å². The molecule has 1 atom stereocenters. The highest BCUT2D eigenvalue weighted by molar-refractivity contribution is 5.99. The number of carbonyl (C=O) groups excluding carboxylic acids is 1. The summed E-state index contributed by atoms with van der Waals surface area (Å²) in [6, 6.07) is 29.9. The first kappa shape index (κ1) is 26.5. The summed E-state index contributed by atoms with van der Waals surface area (Å²) in [5.74, 6) is -1.14. The molecule has 0 saturated carbocycles. The van der Waals surface area contributed by atoms with Gasteiger partial charge in [-0.1, -0.05) is 60.7 Å². The number of nitriles is 1. The largest absolute Gasteiger partial charge is 0.478 e. The molecule has 0 unspecified atom stereocenters. The van der Waals surface area contributed by atoms with Crippen LogP contribution in [0, 0.1) is 25.2 Å². The Morgan fingerprint density at radius 3 is 2.38 bits per heavy atom. The van der Waals surface area contributed by atoms with Gasteiger partial charge in [0, 0.05) is 28.7 Å². The van der Waals surface area contributed by atoms with E-state index >= 15 is 0 Å². The zero-order valence-corrected chi connectivity index (χ0v) is 22.6. The smallest absolute Gasteiger partial charge is 0.336 e. The van der Waals surface area contributed by atoms with Gasteiger partial charge < -0.3 is 15.0 Å². The molecule has 5 aromatic rings. The van der Waals surface area contributed by atoms with Crippen LogP contribution in [0.4, 0.5) is 0 Å². The van der Waals surface area contributed by atoms with Crippen molar-refractivity contribution in [1.82, 2.24) is 9.88 Å². The fraction of sp³-hybridized carbons (Fsp3) is 0.147. The third-order valence-electron chi connectivity index (χ3n) is 7.56. The van der Waals surface area contributed by atoms with Crippen LogP contribution >= 0.6 is 0 Å². The van der Waals surface area contributed by atoms with Gasteiger partial charge in [-0.05, 0) is 78.9 Å². The number of aromatic nitrogens is 1. The number of carbonyl (C=O) groups is 2. The Labute approximate surface area is 233 Å². The standard InChI is InChI=1S/C34H29N3O3/c1-21-23(3)37(20-24-12-14-25(15-13-24)29-10-6-7-11-30(29)34(39)40)32-17-16-26(18-31(21)32)33(38)36-22(2)28-9-5-4-8-27(28)19-35/h4-18,22H,20H2,1-3H3,(H,36,38)(H,39,40)/t22-/m0/s1. The third-order valence-corrected chi connectivity index (χ3v) is 7.56. The normalized spacial score (nSPS) is 11.7. The molecule has 0 bridgehead atoms. The molecular weight excluding hydrogens is 498 g/mol. The molecule has 1 amide bonds. The predicted octanol–water partition coefficient (Wildman–Crippen LogP) is 7.03. The molecule has 40 heavy (non-hydrogen) atoms. The van der Waals surface area contributed by atoms with Crippen LogP contribution in [0.3, 0.4) is 0 Å². The highest BCUT2D eigenvalue weighted by atomic mass is 16.4. The van der Waals surface area contributed by atoms with Gasteiger partial charge in [0.05, 0.1) is 23.2 Å². The minimum Gasteiger partial charge on any atom is -0.478 e. The van der Waals surface area contributed by atoms with Crippen molar-refractivity contribution in [1.29, 1.82) is 5.26 Å². The van der Waals surface area contributed by atoms with E-state index in [2.05, 4.69) is 29.8 Å². The van der Waals surface area contributed by atoms with Gasteiger partial charge in [0.2, 0.25) is 0 Å². The minimum atomic E-state index is -0.945. The first-order valence-corrected chi connectivity index (χ1v) is 13.1. The van der Waals surface area contributed by atoms with Crippen LogP contribution in [0.25, 0.3) is 22.0 Å². The quantitative estimate of drug-likeness (QED) is 0.237. The van der Waals surface area contributed by atoms with Crippen LogP contribution in [0.2, 0.25) is 0 Å². The van der Waals surface area contributed by atoms with E-state index in [9.17, 15) is 20.0 Å². The van der Waals surface area contributed by atoms with Gasteiger partial charge >= 0.3 is 5.97 Å². The summed E-state index contributed by atoms with van der Waals surface area (Å²) in [6.45, 7) is 6.66. The fourth-order valence-corrected chi connectivity index (χ4v) is 5.22. The van der Waals surface area contributed by atoms with E-state index in [0.29, 0.717) is 23.2 Å². The molecule has 198 valence electrons. The topological polar surface area (TPSA) is 95.1 Å². The monoisotopic (exact) mass is 527 g/mol. The maximum absolute atomic E-state index is 13.1. The van der Waals surface area contributed by atoms with Crippen molar-refractivity contribution in [2.24, 2.45) is 0 Å². The summed E-state index contributed by atoms with van der Waals surface area (Å²) in [5, 5.41) is 23.0. The van der Waals surface area contributed by atoms with Gasteiger partial charge in [-0.15, -0.1) is 0 Å². The van der Waals surface area contributed by atoms with E-state index in [4.69, 9.17) is 0 Å². The zero-order chi connectivity index (χ0) is 28.4. The van der Waals surface area contributed by atoms with E-state index in [1.54, 1.807) is 18.2 Å². The number of rotatable bonds is 7. The number of carboxylic acid groups (broad SMARTS) is 1. The summed E-state index contributed by atoms with van der Waals surface area (Å²) in [6.07, 6.45) is 0. The molecule has 0 radical (unpaired) electrons. The molecule has 0 aliphatic rings. The van der Waals surface area contributed by atoms with Crippen LogP contribution < -0.4 is 5.32 Å². The van der Waals surface area contributed by atoms with E-state index < -0.39 is 5.97 Å².